The fourth-order valence-electron chi connectivity index (χ4n) is 1.92. The van der Waals surface area contributed by atoms with Crippen molar-refractivity contribution in [1.29, 1.82) is 5.26 Å². The highest BCUT2D eigenvalue weighted by Crippen LogP contribution is 2.02. The number of ether oxygens (including phenoxy) is 1. The lowest BCUT2D eigenvalue weighted by atomic mass is 10.2. The van der Waals surface area contributed by atoms with E-state index >= 15 is 0 Å². The van der Waals surface area contributed by atoms with E-state index in [0.29, 0.717) is 6.04 Å². The zero-order valence-corrected chi connectivity index (χ0v) is 10.4. The first-order chi connectivity index (χ1) is 7.72. The minimum atomic E-state index is -0.0239. The van der Waals surface area contributed by atoms with E-state index in [9.17, 15) is 0 Å². The van der Waals surface area contributed by atoms with Gasteiger partial charge in [-0.1, -0.05) is 0 Å². The van der Waals surface area contributed by atoms with Crippen LogP contribution >= 0.6 is 0 Å². The zero-order chi connectivity index (χ0) is 11.8. The van der Waals surface area contributed by atoms with Crippen molar-refractivity contribution in [2.24, 2.45) is 0 Å². The van der Waals surface area contributed by atoms with Gasteiger partial charge in [-0.3, -0.25) is 5.32 Å². The van der Waals surface area contributed by atoms with Crippen LogP contribution in [0.15, 0.2) is 0 Å². The molecule has 1 fully saturated rings. The molecule has 16 heavy (non-hydrogen) atoms. The predicted octanol–water partition coefficient (Wildman–Crippen LogP) is 0.989. The fraction of sp³-hybridized carbons (Fsp3) is 0.917. The minimum Gasteiger partial charge on any atom is -0.380 e. The second-order valence-electron chi connectivity index (χ2n) is 4.60. The molecule has 0 aromatic carbocycles. The maximum Gasteiger partial charge on any atom is 0.0967 e. The van der Waals surface area contributed by atoms with Crippen LogP contribution in [0.25, 0.3) is 0 Å². The molecule has 0 aliphatic carbocycles. The van der Waals surface area contributed by atoms with E-state index in [0.717, 1.165) is 45.7 Å². The highest BCUT2D eigenvalue weighted by Gasteiger charge is 2.13. The fourth-order valence-corrected chi connectivity index (χ4v) is 1.92. The first-order valence-electron chi connectivity index (χ1n) is 6.18. The van der Waals surface area contributed by atoms with Crippen LogP contribution in [-0.4, -0.2) is 49.8 Å². The minimum absolute atomic E-state index is 0.0239. The molecule has 0 radical (unpaired) electrons. The monoisotopic (exact) mass is 225 g/mol. The summed E-state index contributed by atoms with van der Waals surface area (Å²) in [6.45, 7) is 8.94. The van der Waals surface area contributed by atoms with Gasteiger partial charge in [0.1, 0.15) is 0 Å². The summed E-state index contributed by atoms with van der Waals surface area (Å²) in [5, 5.41) is 12.3. The summed E-state index contributed by atoms with van der Waals surface area (Å²) in [5.41, 5.74) is 0. The molecular formula is C12H23N3O. The van der Waals surface area contributed by atoms with E-state index in [1.807, 2.05) is 0 Å². The second kappa shape index (κ2) is 7.61. The first kappa shape index (κ1) is 13.4. The molecule has 4 nitrogen and oxygen atoms in total. The van der Waals surface area contributed by atoms with E-state index < -0.39 is 0 Å². The molecule has 1 atom stereocenters. The first-order valence-corrected chi connectivity index (χ1v) is 6.18. The molecule has 0 aromatic heterocycles. The summed E-state index contributed by atoms with van der Waals surface area (Å²) in [5.74, 6) is 0. The third-order valence-electron chi connectivity index (χ3n) is 2.74. The lowest BCUT2D eigenvalue weighted by Crippen LogP contribution is -2.37. The Labute approximate surface area is 98.6 Å². The maximum absolute atomic E-state index is 9.00. The number of rotatable bonds is 5. The summed E-state index contributed by atoms with van der Waals surface area (Å²) in [6, 6.07) is 2.67. The van der Waals surface area contributed by atoms with Crippen molar-refractivity contribution in [3.8, 4) is 6.07 Å². The molecule has 0 bridgehead atoms. The molecule has 1 unspecified atom stereocenters. The molecule has 0 saturated carbocycles. The van der Waals surface area contributed by atoms with Crippen LogP contribution in [0, 0.1) is 11.3 Å². The Kier molecular flexibility index (Phi) is 6.39. The number of hydrogen-bond donors (Lipinski definition) is 1. The normalized spacial score (nSPS) is 20.4. The van der Waals surface area contributed by atoms with E-state index in [2.05, 4.69) is 30.1 Å². The predicted molar refractivity (Wildman–Crippen MR) is 64.2 cm³/mol. The van der Waals surface area contributed by atoms with Gasteiger partial charge in [-0.2, -0.15) is 5.26 Å². The molecule has 0 amide bonds. The summed E-state index contributed by atoms with van der Waals surface area (Å²) in [4.78, 5) is 2.39. The molecule has 92 valence electrons. The smallest absolute Gasteiger partial charge is 0.0967 e. The molecule has 1 aliphatic heterocycles. The summed E-state index contributed by atoms with van der Waals surface area (Å²) in [6.07, 6.45) is 2.00. The lowest BCUT2D eigenvalue weighted by Gasteiger charge is -2.21. The summed E-state index contributed by atoms with van der Waals surface area (Å²) < 4.78 is 5.40. The summed E-state index contributed by atoms with van der Waals surface area (Å²) >= 11 is 0. The molecule has 1 saturated heterocycles. The maximum atomic E-state index is 9.00. The molecular weight excluding hydrogens is 202 g/mol. The average molecular weight is 225 g/mol. The molecule has 1 rings (SSSR count). The van der Waals surface area contributed by atoms with Gasteiger partial charge in [0, 0.05) is 32.3 Å². The van der Waals surface area contributed by atoms with Gasteiger partial charge in [0.15, 0.2) is 0 Å². The van der Waals surface area contributed by atoms with Gasteiger partial charge in [0.25, 0.3) is 0 Å². The Balaban J connectivity index is 2.23. The van der Waals surface area contributed by atoms with Crippen molar-refractivity contribution in [1.82, 2.24) is 10.2 Å². The molecule has 4 heteroatoms. The average Bonchev–Trinajstić information content (AvgIpc) is 2.52. The van der Waals surface area contributed by atoms with E-state index in [4.69, 9.17) is 10.00 Å². The van der Waals surface area contributed by atoms with Crippen LogP contribution in [0.3, 0.4) is 0 Å². The Morgan fingerprint density at radius 3 is 2.88 bits per heavy atom. The molecule has 1 aliphatic rings. The Morgan fingerprint density at radius 1 is 1.38 bits per heavy atom. The highest BCUT2D eigenvalue weighted by molar-refractivity contribution is 4.91. The zero-order valence-electron chi connectivity index (χ0n) is 10.4. The van der Waals surface area contributed by atoms with Gasteiger partial charge in [0.05, 0.1) is 18.7 Å². The van der Waals surface area contributed by atoms with Crippen LogP contribution in [0.5, 0.6) is 0 Å². The molecule has 0 spiro atoms. The van der Waals surface area contributed by atoms with E-state index in [-0.39, 0.29) is 6.04 Å². The van der Waals surface area contributed by atoms with E-state index in [1.165, 1.54) is 0 Å². The Hall–Kier alpha value is -0.630. The van der Waals surface area contributed by atoms with Crippen LogP contribution < -0.4 is 5.32 Å². The standard InChI is InChI=1S/C12H23N3O/c1-11(2)14-12(10-13)4-6-15-5-3-8-16-9-7-15/h11-12,14H,3-9H2,1-2H3. The van der Waals surface area contributed by atoms with Gasteiger partial charge in [-0.05, 0) is 26.7 Å². The van der Waals surface area contributed by atoms with Crippen molar-refractivity contribution >= 4 is 0 Å². The third kappa shape index (κ3) is 5.45. The van der Waals surface area contributed by atoms with Crippen LogP contribution in [0.1, 0.15) is 26.7 Å². The van der Waals surface area contributed by atoms with Crippen molar-refractivity contribution in [3.05, 3.63) is 0 Å². The largest absolute Gasteiger partial charge is 0.380 e. The van der Waals surface area contributed by atoms with Crippen molar-refractivity contribution in [3.63, 3.8) is 0 Å². The van der Waals surface area contributed by atoms with Gasteiger partial charge in [-0.25, -0.2) is 0 Å². The van der Waals surface area contributed by atoms with Crippen molar-refractivity contribution in [2.45, 2.75) is 38.8 Å². The lowest BCUT2D eigenvalue weighted by molar-refractivity contribution is 0.141. The van der Waals surface area contributed by atoms with Gasteiger partial charge in [0.2, 0.25) is 0 Å². The second-order valence-corrected chi connectivity index (χ2v) is 4.60. The van der Waals surface area contributed by atoms with Crippen LogP contribution in [-0.2, 0) is 4.74 Å². The van der Waals surface area contributed by atoms with Crippen LogP contribution in [0.4, 0.5) is 0 Å². The quantitative estimate of drug-likeness (QED) is 0.758. The number of hydrogen-bond acceptors (Lipinski definition) is 4. The Morgan fingerprint density at radius 2 is 2.19 bits per heavy atom. The third-order valence-corrected chi connectivity index (χ3v) is 2.74. The molecule has 0 aromatic rings. The Bertz CT molecular complexity index is 217. The molecule has 1 N–H and O–H groups in total. The van der Waals surface area contributed by atoms with Crippen molar-refractivity contribution < 1.29 is 4.74 Å². The number of nitrogens with zero attached hydrogens (tertiary/aromatic N) is 2. The van der Waals surface area contributed by atoms with Crippen molar-refractivity contribution in [2.75, 3.05) is 32.8 Å². The molecule has 1 heterocycles. The van der Waals surface area contributed by atoms with Gasteiger partial charge >= 0.3 is 0 Å². The number of nitriles is 1. The van der Waals surface area contributed by atoms with E-state index in [1.54, 1.807) is 0 Å². The van der Waals surface area contributed by atoms with Gasteiger partial charge < -0.3 is 9.64 Å². The highest BCUT2D eigenvalue weighted by atomic mass is 16.5. The summed E-state index contributed by atoms with van der Waals surface area (Å²) in [7, 11) is 0. The number of nitrogens with one attached hydrogen (secondary N) is 1. The SMILES string of the molecule is CC(C)NC(C#N)CCN1CCCOCC1. The van der Waals surface area contributed by atoms with Crippen LogP contribution in [0.2, 0.25) is 0 Å². The van der Waals surface area contributed by atoms with Gasteiger partial charge in [-0.15, -0.1) is 0 Å². The topological polar surface area (TPSA) is 48.3 Å².